The maximum Gasteiger partial charge on any atom is 0.229 e. The van der Waals surface area contributed by atoms with Gasteiger partial charge in [0.1, 0.15) is 12.3 Å². The maximum atomic E-state index is 15.2. The average Bonchev–Trinajstić information content (AvgIpc) is 3.19. The lowest BCUT2D eigenvalue weighted by atomic mass is 9.93. The zero-order valence-electron chi connectivity index (χ0n) is 20.3. The molecule has 5 heterocycles. The summed E-state index contributed by atoms with van der Waals surface area (Å²) in [7, 11) is -3.43. The van der Waals surface area contributed by atoms with Crippen LogP contribution in [0.5, 0.6) is 0 Å². The molecular weight excluding hydrogens is 498 g/mol. The number of hydrazine groups is 1. The number of carbonyl (C=O) groups excluding carboxylic acids is 1. The molecule has 0 radical (unpaired) electrons. The largest absolute Gasteiger partial charge is 0.379 e. The van der Waals surface area contributed by atoms with Crippen molar-refractivity contribution in [2.45, 2.75) is 54.9 Å². The second kappa shape index (κ2) is 11.0. The molecule has 36 heavy (non-hydrogen) atoms. The van der Waals surface area contributed by atoms with Gasteiger partial charge in [-0.2, -0.15) is 4.31 Å². The highest BCUT2D eigenvalue weighted by Crippen LogP contribution is 2.27. The van der Waals surface area contributed by atoms with Crippen LogP contribution in [0.2, 0.25) is 0 Å². The van der Waals surface area contributed by atoms with Gasteiger partial charge >= 0.3 is 0 Å². The van der Waals surface area contributed by atoms with Crippen LogP contribution in [0.4, 0.5) is 8.78 Å². The Hall–Kier alpha value is -1.04. The SMILES string of the molecule is NC1NN2CC(F)CNC2C1C(=O)NC1CNCC(F)C1N1CCC(S(=O)(=O)N2CCOCC2)CC1. The van der Waals surface area contributed by atoms with Crippen LogP contribution in [0.25, 0.3) is 0 Å². The van der Waals surface area contributed by atoms with Gasteiger partial charge in [-0.25, -0.2) is 27.6 Å². The Morgan fingerprint density at radius 1 is 1.06 bits per heavy atom. The Labute approximate surface area is 210 Å². The summed E-state index contributed by atoms with van der Waals surface area (Å²) in [6.07, 6.45) is -2.57. The van der Waals surface area contributed by atoms with E-state index in [0.717, 1.165) is 0 Å². The third-order valence-electron chi connectivity index (χ3n) is 8.09. The molecule has 5 rings (SSSR count). The quantitative estimate of drug-likeness (QED) is 0.245. The summed E-state index contributed by atoms with van der Waals surface area (Å²) < 4.78 is 61.9. The standard InChI is InChI=1S/C21H38F2N8O4S/c22-13-9-26-20-17(19(24)28-31(20)12-13)21(32)27-16-11-25-10-15(23)18(16)29-3-1-14(2-4-29)36(33,34)30-5-7-35-8-6-30/h13-20,25-26,28H,1-12,24H2,(H,27,32). The summed E-state index contributed by atoms with van der Waals surface area (Å²) in [5, 5.41) is 10.2. The number of hydrogen-bond acceptors (Lipinski definition) is 10. The molecule has 0 aliphatic carbocycles. The lowest BCUT2D eigenvalue weighted by molar-refractivity contribution is -0.128. The van der Waals surface area contributed by atoms with E-state index in [2.05, 4.69) is 21.4 Å². The van der Waals surface area contributed by atoms with Crippen LogP contribution in [0.1, 0.15) is 12.8 Å². The third kappa shape index (κ3) is 5.27. The highest BCUT2D eigenvalue weighted by molar-refractivity contribution is 7.89. The van der Waals surface area contributed by atoms with Gasteiger partial charge in [0.25, 0.3) is 0 Å². The molecule has 206 valence electrons. The average molecular weight is 537 g/mol. The van der Waals surface area contributed by atoms with Crippen molar-refractivity contribution in [3.05, 3.63) is 0 Å². The zero-order chi connectivity index (χ0) is 25.4. The first-order chi connectivity index (χ1) is 17.3. The van der Waals surface area contributed by atoms with E-state index in [-0.39, 0.29) is 25.5 Å². The molecule has 5 aliphatic rings. The number of nitrogens with two attached hydrogens (primary N) is 1. The third-order valence-corrected chi connectivity index (χ3v) is 10.5. The van der Waals surface area contributed by atoms with E-state index < -0.39 is 57.9 Å². The number of amides is 1. The van der Waals surface area contributed by atoms with Crippen molar-refractivity contribution in [1.29, 1.82) is 0 Å². The maximum absolute atomic E-state index is 15.2. The zero-order valence-corrected chi connectivity index (χ0v) is 21.1. The molecule has 0 bridgehead atoms. The Morgan fingerprint density at radius 2 is 1.78 bits per heavy atom. The minimum absolute atomic E-state index is 0.137. The Balaban J connectivity index is 1.22. The Kier molecular flexibility index (Phi) is 8.10. The number of piperidine rings is 2. The molecule has 7 atom stereocenters. The van der Waals surface area contributed by atoms with Crippen molar-refractivity contribution in [1.82, 2.24) is 35.6 Å². The summed E-state index contributed by atoms with van der Waals surface area (Å²) in [4.78, 5) is 15.3. The summed E-state index contributed by atoms with van der Waals surface area (Å²) in [5.74, 6) is -0.981. The lowest BCUT2D eigenvalue weighted by Gasteiger charge is -2.45. The van der Waals surface area contributed by atoms with Gasteiger partial charge in [-0.05, 0) is 25.9 Å². The first kappa shape index (κ1) is 26.6. The smallest absolute Gasteiger partial charge is 0.229 e. The predicted molar refractivity (Wildman–Crippen MR) is 127 cm³/mol. The number of ether oxygens (including phenoxy) is 1. The summed E-state index contributed by atoms with van der Waals surface area (Å²) in [5.41, 5.74) is 9.13. The van der Waals surface area contributed by atoms with Crippen molar-refractivity contribution < 1.29 is 26.7 Å². The van der Waals surface area contributed by atoms with Crippen LogP contribution >= 0.6 is 0 Å². The van der Waals surface area contributed by atoms with Crippen molar-refractivity contribution in [3.8, 4) is 0 Å². The minimum Gasteiger partial charge on any atom is -0.379 e. The molecule has 5 aliphatic heterocycles. The van der Waals surface area contributed by atoms with E-state index >= 15 is 4.39 Å². The topological polar surface area (TPSA) is 144 Å². The fourth-order valence-corrected chi connectivity index (χ4v) is 8.12. The van der Waals surface area contributed by atoms with Gasteiger partial charge in [0.2, 0.25) is 15.9 Å². The molecule has 7 unspecified atom stereocenters. The molecule has 0 aromatic heterocycles. The molecule has 6 N–H and O–H groups in total. The minimum atomic E-state index is -3.43. The lowest BCUT2D eigenvalue weighted by Crippen LogP contribution is -2.67. The molecule has 0 spiro atoms. The van der Waals surface area contributed by atoms with Gasteiger partial charge < -0.3 is 21.1 Å². The molecule has 5 saturated heterocycles. The van der Waals surface area contributed by atoms with Crippen molar-refractivity contribution in [2.24, 2.45) is 11.7 Å². The number of morpholine rings is 1. The number of rotatable bonds is 5. The molecule has 0 aromatic carbocycles. The first-order valence-electron chi connectivity index (χ1n) is 12.9. The number of likely N-dealkylation sites (tertiary alicyclic amines) is 1. The molecule has 15 heteroatoms. The van der Waals surface area contributed by atoms with Gasteiger partial charge in [0.05, 0.1) is 48.8 Å². The summed E-state index contributed by atoms with van der Waals surface area (Å²) in [6, 6.07) is -1.08. The van der Waals surface area contributed by atoms with E-state index in [1.807, 2.05) is 4.90 Å². The van der Waals surface area contributed by atoms with Crippen LogP contribution in [0.3, 0.4) is 0 Å². The second-order valence-corrected chi connectivity index (χ2v) is 12.6. The van der Waals surface area contributed by atoms with Gasteiger partial charge in [0.15, 0.2) is 0 Å². The number of hydrogen-bond donors (Lipinski definition) is 5. The predicted octanol–water partition coefficient (Wildman–Crippen LogP) is -3.10. The number of halogens is 2. The highest BCUT2D eigenvalue weighted by atomic mass is 32.2. The number of nitrogens with zero attached hydrogens (tertiary/aromatic N) is 3. The van der Waals surface area contributed by atoms with Crippen LogP contribution in [0, 0.1) is 5.92 Å². The van der Waals surface area contributed by atoms with E-state index in [1.54, 1.807) is 5.01 Å². The van der Waals surface area contributed by atoms with Gasteiger partial charge in [-0.1, -0.05) is 0 Å². The molecule has 0 aromatic rings. The van der Waals surface area contributed by atoms with Gasteiger partial charge in [-0.3, -0.25) is 15.0 Å². The normalized spacial score (nSPS) is 40.1. The van der Waals surface area contributed by atoms with E-state index in [9.17, 15) is 17.6 Å². The fraction of sp³-hybridized carbons (Fsp3) is 0.952. The van der Waals surface area contributed by atoms with Gasteiger partial charge in [0, 0.05) is 39.3 Å². The Bertz CT molecular complexity index is 889. The molecule has 1 amide bonds. The number of sulfonamides is 1. The van der Waals surface area contributed by atoms with Crippen molar-refractivity contribution in [2.75, 3.05) is 65.6 Å². The monoisotopic (exact) mass is 536 g/mol. The number of carbonyl (C=O) groups is 1. The number of fused-ring (bicyclic) bond motifs is 1. The number of alkyl halides is 2. The van der Waals surface area contributed by atoms with Crippen molar-refractivity contribution in [3.63, 3.8) is 0 Å². The van der Waals surface area contributed by atoms with Crippen LogP contribution in [-0.4, -0.2) is 136 Å². The van der Waals surface area contributed by atoms with E-state index in [1.165, 1.54) is 4.31 Å². The van der Waals surface area contributed by atoms with Crippen LogP contribution in [0.15, 0.2) is 0 Å². The first-order valence-corrected chi connectivity index (χ1v) is 14.4. The molecule has 12 nitrogen and oxygen atoms in total. The van der Waals surface area contributed by atoms with Crippen LogP contribution in [-0.2, 0) is 19.6 Å². The summed E-state index contributed by atoms with van der Waals surface area (Å²) in [6.45, 7) is 3.26. The highest BCUT2D eigenvalue weighted by Gasteiger charge is 2.49. The van der Waals surface area contributed by atoms with Crippen molar-refractivity contribution >= 4 is 15.9 Å². The Morgan fingerprint density at radius 3 is 2.50 bits per heavy atom. The number of nitrogens with one attached hydrogen (secondary N) is 4. The van der Waals surface area contributed by atoms with Gasteiger partial charge in [-0.15, -0.1) is 0 Å². The second-order valence-electron chi connectivity index (χ2n) is 10.4. The summed E-state index contributed by atoms with van der Waals surface area (Å²) >= 11 is 0. The molecular formula is C21H38F2N8O4S. The van der Waals surface area contributed by atoms with E-state index in [4.69, 9.17) is 10.5 Å². The molecule has 0 saturated carbocycles. The van der Waals surface area contributed by atoms with E-state index in [0.29, 0.717) is 58.8 Å². The fourth-order valence-electron chi connectivity index (χ4n) is 6.23. The molecule has 5 fully saturated rings. The van der Waals surface area contributed by atoms with Crippen LogP contribution < -0.4 is 27.1 Å².